The van der Waals surface area contributed by atoms with Crippen molar-refractivity contribution < 1.29 is 13.2 Å². The fourth-order valence-electron chi connectivity index (χ4n) is 2.03. The standard InChI is InChI=1S/C10H16O3S/c1-4-10(5-2)7-8(9(10)11)14(12,13)6-3/h6,8H,3-5,7H2,1-2H3. The topological polar surface area (TPSA) is 51.2 Å². The van der Waals surface area contributed by atoms with Gasteiger partial charge in [-0.2, -0.15) is 0 Å². The van der Waals surface area contributed by atoms with Crippen LogP contribution in [0.15, 0.2) is 12.0 Å². The zero-order valence-electron chi connectivity index (χ0n) is 8.62. The lowest BCUT2D eigenvalue weighted by atomic mass is 9.64. The van der Waals surface area contributed by atoms with Crippen LogP contribution in [-0.4, -0.2) is 19.5 Å². The maximum atomic E-state index is 11.7. The first-order valence-corrected chi connectivity index (χ1v) is 6.45. The van der Waals surface area contributed by atoms with Crippen molar-refractivity contribution in [3.8, 4) is 0 Å². The monoisotopic (exact) mass is 216 g/mol. The van der Waals surface area contributed by atoms with E-state index in [-0.39, 0.29) is 11.2 Å². The van der Waals surface area contributed by atoms with Crippen LogP contribution in [0.1, 0.15) is 33.1 Å². The summed E-state index contributed by atoms with van der Waals surface area (Å²) in [6.07, 6.45) is 1.92. The Kier molecular flexibility index (Phi) is 2.86. The van der Waals surface area contributed by atoms with Crippen molar-refractivity contribution in [2.24, 2.45) is 5.41 Å². The molecule has 1 aliphatic carbocycles. The van der Waals surface area contributed by atoms with Crippen molar-refractivity contribution in [2.45, 2.75) is 38.4 Å². The van der Waals surface area contributed by atoms with E-state index in [2.05, 4.69) is 6.58 Å². The fraction of sp³-hybridized carbons (Fsp3) is 0.700. The highest BCUT2D eigenvalue weighted by Crippen LogP contribution is 2.46. The number of Topliss-reactive ketones (excluding diaryl/α,β-unsaturated/α-hetero) is 1. The van der Waals surface area contributed by atoms with Gasteiger partial charge < -0.3 is 0 Å². The molecule has 0 radical (unpaired) electrons. The van der Waals surface area contributed by atoms with Gasteiger partial charge in [-0.25, -0.2) is 8.42 Å². The summed E-state index contributed by atoms with van der Waals surface area (Å²) in [5.41, 5.74) is -0.374. The van der Waals surface area contributed by atoms with Crippen molar-refractivity contribution in [1.82, 2.24) is 0 Å². The van der Waals surface area contributed by atoms with Crippen molar-refractivity contribution in [3.05, 3.63) is 12.0 Å². The van der Waals surface area contributed by atoms with E-state index in [0.717, 1.165) is 18.2 Å². The Morgan fingerprint density at radius 3 is 2.29 bits per heavy atom. The largest absolute Gasteiger partial charge is 0.298 e. The van der Waals surface area contributed by atoms with E-state index in [1.807, 2.05) is 13.8 Å². The van der Waals surface area contributed by atoms with E-state index in [9.17, 15) is 13.2 Å². The van der Waals surface area contributed by atoms with E-state index in [1.54, 1.807) is 0 Å². The van der Waals surface area contributed by atoms with Crippen LogP contribution in [0.5, 0.6) is 0 Å². The third-order valence-corrected chi connectivity index (χ3v) is 5.01. The Labute approximate surface area is 85.1 Å². The van der Waals surface area contributed by atoms with Crippen LogP contribution in [0.3, 0.4) is 0 Å². The van der Waals surface area contributed by atoms with Gasteiger partial charge in [-0.05, 0) is 19.3 Å². The molecule has 1 rings (SSSR count). The first-order valence-electron chi connectivity index (χ1n) is 4.84. The van der Waals surface area contributed by atoms with E-state index in [0.29, 0.717) is 6.42 Å². The lowest BCUT2D eigenvalue weighted by Gasteiger charge is -2.43. The number of carbonyl (C=O) groups excluding carboxylic acids is 1. The van der Waals surface area contributed by atoms with Crippen molar-refractivity contribution in [2.75, 3.05) is 0 Å². The molecule has 0 N–H and O–H groups in total. The molecule has 0 heterocycles. The molecule has 0 bridgehead atoms. The average Bonchev–Trinajstić information content (AvgIpc) is 2.17. The summed E-state index contributed by atoms with van der Waals surface area (Å²) < 4.78 is 22.7. The number of hydrogen-bond acceptors (Lipinski definition) is 3. The van der Waals surface area contributed by atoms with Crippen LogP contribution in [0.4, 0.5) is 0 Å². The summed E-state index contributed by atoms with van der Waals surface area (Å²) in [6.45, 7) is 7.09. The summed E-state index contributed by atoms with van der Waals surface area (Å²) in [4.78, 5) is 11.7. The van der Waals surface area contributed by atoms with Gasteiger partial charge >= 0.3 is 0 Å². The highest BCUT2D eigenvalue weighted by atomic mass is 32.2. The third-order valence-electron chi connectivity index (χ3n) is 3.37. The summed E-state index contributed by atoms with van der Waals surface area (Å²) in [7, 11) is -3.39. The fourth-order valence-corrected chi connectivity index (χ4v) is 3.36. The molecule has 80 valence electrons. The minimum absolute atomic E-state index is 0.123. The van der Waals surface area contributed by atoms with Crippen molar-refractivity contribution >= 4 is 15.6 Å². The van der Waals surface area contributed by atoms with Gasteiger partial charge in [0.2, 0.25) is 0 Å². The molecule has 1 atom stereocenters. The molecule has 0 saturated heterocycles. The van der Waals surface area contributed by atoms with E-state index in [4.69, 9.17) is 0 Å². The van der Waals surface area contributed by atoms with Crippen LogP contribution >= 0.6 is 0 Å². The molecule has 0 aliphatic heterocycles. The summed E-state index contributed by atoms with van der Waals surface area (Å²) in [5, 5.41) is 0.0741. The quantitative estimate of drug-likeness (QED) is 0.718. The van der Waals surface area contributed by atoms with Gasteiger partial charge in [0.25, 0.3) is 0 Å². The second-order valence-corrected chi connectivity index (χ2v) is 5.88. The second-order valence-electron chi connectivity index (χ2n) is 3.80. The minimum atomic E-state index is -3.39. The van der Waals surface area contributed by atoms with E-state index in [1.165, 1.54) is 0 Å². The molecule has 0 spiro atoms. The molecule has 0 aromatic rings. The molecule has 3 nitrogen and oxygen atoms in total. The number of sulfone groups is 1. The lowest BCUT2D eigenvalue weighted by molar-refractivity contribution is -0.137. The highest BCUT2D eigenvalue weighted by Gasteiger charge is 2.55. The van der Waals surface area contributed by atoms with Crippen LogP contribution in [0.2, 0.25) is 0 Å². The molecule has 14 heavy (non-hydrogen) atoms. The number of carbonyl (C=O) groups is 1. The summed E-state index contributed by atoms with van der Waals surface area (Å²) in [5.74, 6) is -0.123. The Hall–Kier alpha value is -0.640. The number of rotatable bonds is 4. The van der Waals surface area contributed by atoms with Gasteiger partial charge in [-0.3, -0.25) is 4.79 Å². The van der Waals surface area contributed by atoms with Crippen molar-refractivity contribution in [1.29, 1.82) is 0 Å². The van der Waals surface area contributed by atoms with Gasteiger partial charge in [0.15, 0.2) is 15.6 Å². The van der Waals surface area contributed by atoms with E-state index < -0.39 is 15.1 Å². The van der Waals surface area contributed by atoms with Gasteiger partial charge in [0.05, 0.1) is 0 Å². The van der Waals surface area contributed by atoms with Crippen molar-refractivity contribution in [3.63, 3.8) is 0 Å². The molecular weight excluding hydrogens is 200 g/mol. The van der Waals surface area contributed by atoms with Gasteiger partial charge in [0.1, 0.15) is 5.25 Å². The molecule has 0 aromatic carbocycles. The maximum absolute atomic E-state index is 11.7. The molecule has 1 aliphatic rings. The Balaban J connectivity index is 2.89. The molecule has 1 unspecified atom stereocenters. The zero-order valence-corrected chi connectivity index (χ0v) is 9.43. The highest BCUT2D eigenvalue weighted by molar-refractivity contribution is 7.95. The normalized spacial score (nSPS) is 25.6. The molecule has 1 saturated carbocycles. The predicted octanol–water partition coefficient (Wildman–Crippen LogP) is 1.69. The van der Waals surface area contributed by atoms with Crippen LogP contribution in [0.25, 0.3) is 0 Å². The first kappa shape index (κ1) is 11.4. The maximum Gasteiger partial charge on any atom is 0.181 e. The summed E-state index contributed by atoms with van der Waals surface area (Å²) in [6, 6.07) is 0. The molecule has 1 fully saturated rings. The number of hydrogen-bond donors (Lipinski definition) is 0. The predicted molar refractivity (Wildman–Crippen MR) is 55.5 cm³/mol. The molecule has 0 aromatic heterocycles. The van der Waals surface area contributed by atoms with Gasteiger partial charge in [0, 0.05) is 10.8 Å². The smallest absolute Gasteiger partial charge is 0.181 e. The zero-order chi connectivity index (χ0) is 11.0. The van der Waals surface area contributed by atoms with Crippen LogP contribution in [0, 0.1) is 5.41 Å². The Bertz CT molecular complexity index is 350. The molecule has 0 amide bonds. The Morgan fingerprint density at radius 1 is 1.50 bits per heavy atom. The summed E-state index contributed by atoms with van der Waals surface area (Å²) >= 11 is 0. The van der Waals surface area contributed by atoms with E-state index >= 15 is 0 Å². The SMILES string of the molecule is C=CS(=O)(=O)C1CC(CC)(CC)C1=O. The number of ketones is 1. The van der Waals surface area contributed by atoms with Crippen LogP contribution in [-0.2, 0) is 14.6 Å². The van der Waals surface area contributed by atoms with Gasteiger partial charge in [-0.15, -0.1) is 0 Å². The third kappa shape index (κ3) is 1.41. The lowest BCUT2D eigenvalue weighted by Crippen LogP contribution is -2.54. The second kappa shape index (κ2) is 3.50. The molecule has 4 heteroatoms. The minimum Gasteiger partial charge on any atom is -0.298 e. The first-order chi connectivity index (χ1) is 6.43. The molecular formula is C10H16O3S. The van der Waals surface area contributed by atoms with Crippen LogP contribution < -0.4 is 0 Å². The van der Waals surface area contributed by atoms with Gasteiger partial charge in [-0.1, -0.05) is 20.4 Å². The average molecular weight is 216 g/mol. The Morgan fingerprint density at radius 2 is 2.00 bits per heavy atom.